The van der Waals surface area contributed by atoms with Crippen LogP contribution in [0.2, 0.25) is 0 Å². The smallest absolute Gasteiger partial charge is 0.276 e. The van der Waals surface area contributed by atoms with Crippen LogP contribution in [0.4, 0.5) is 0 Å². The van der Waals surface area contributed by atoms with Crippen LogP contribution in [0.1, 0.15) is 44.8 Å². The van der Waals surface area contributed by atoms with Crippen LogP contribution in [0.15, 0.2) is 29.1 Å². The number of hydrogen-bond donors (Lipinski definition) is 1. The highest BCUT2D eigenvalue weighted by Gasteiger charge is 2.22. The molecule has 2 unspecified atom stereocenters. The number of aryl methyl sites for hydroxylation is 1. The highest BCUT2D eigenvalue weighted by molar-refractivity contribution is 7.26. The van der Waals surface area contributed by atoms with Gasteiger partial charge in [0.25, 0.3) is 5.56 Å². The van der Waals surface area contributed by atoms with Crippen LogP contribution in [0.5, 0.6) is 0 Å². The Balaban J connectivity index is 1.54. The Morgan fingerprint density at radius 2 is 2.14 bits per heavy atom. The molecule has 1 amide bonds. The molecule has 1 N–H and O–H groups in total. The second kappa shape index (κ2) is 8.24. The van der Waals surface area contributed by atoms with E-state index in [2.05, 4.69) is 22.2 Å². The fraction of sp³-hybridized carbons (Fsp3) is 0.500. The number of carbonyl (C=O) groups is 1. The van der Waals surface area contributed by atoms with Crippen LogP contribution in [0.3, 0.4) is 0 Å². The van der Waals surface area contributed by atoms with Crippen molar-refractivity contribution in [3.8, 4) is 0 Å². The molecule has 0 radical (unpaired) electrons. The molecule has 0 spiro atoms. The van der Waals surface area contributed by atoms with Gasteiger partial charge in [-0.25, -0.2) is 4.68 Å². The van der Waals surface area contributed by atoms with Crippen molar-refractivity contribution in [1.29, 1.82) is 0 Å². The molecule has 1 aliphatic rings. The summed E-state index contributed by atoms with van der Waals surface area (Å²) in [5, 5.41) is 9.07. The predicted molar refractivity (Wildman–Crippen MR) is 119 cm³/mol. The fourth-order valence-corrected chi connectivity index (χ4v) is 5.35. The van der Waals surface area contributed by atoms with Gasteiger partial charge in [0, 0.05) is 29.2 Å². The number of benzene rings is 1. The Bertz CT molecular complexity index is 1100. The molecule has 2 aromatic heterocycles. The van der Waals surface area contributed by atoms with Crippen molar-refractivity contribution in [3.63, 3.8) is 0 Å². The number of likely N-dealkylation sites (tertiary alicyclic amines) is 1. The van der Waals surface area contributed by atoms with Crippen LogP contribution in [-0.4, -0.2) is 46.3 Å². The summed E-state index contributed by atoms with van der Waals surface area (Å²) in [5.74, 6) is -0.164. The summed E-state index contributed by atoms with van der Waals surface area (Å²) < 4.78 is 3.31. The minimum atomic E-state index is -0.650. The predicted octanol–water partition coefficient (Wildman–Crippen LogP) is 3.47. The number of amides is 1. The third kappa shape index (κ3) is 3.81. The van der Waals surface area contributed by atoms with E-state index in [1.165, 1.54) is 23.9 Å². The third-order valence-corrected chi connectivity index (χ3v) is 7.27. The van der Waals surface area contributed by atoms with E-state index in [0.717, 1.165) is 33.6 Å². The molecule has 1 aromatic carbocycles. The average Bonchev–Trinajstić information content (AvgIpc) is 3.12. The topological polar surface area (TPSA) is 67.2 Å². The lowest BCUT2D eigenvalue weighted by molar-refractivity contribution is -0.124. The molecule has 3 heterocycles. The molecule has 7 heteroatoms. The molecule has 0 aliphatic carbocycles. The van der Waals surface area contributed by atoms with Crippen molar-refractivity contribution in [2.75, 3.05) is 19.6 Å². The quantitative estimate of drug-likeness (QED) is 0.697. The summed E-state index contributed by atoms with van der Waals surface area (Å²) in [6, 6.07) is 7.80. The van der Waals surface area contributed by atoms with E-state index in [-0.39, 0.29) is 11.5 Å². The van der Waals surface area contributed by atoms with Gasteiger partial charge < -0.3 is 5.32 Å². The maximum Gasteiger partial charge on any atom is 0.276 e. The molecule has 3 aromatic rings. The normalized spacial score (nSPS) is 18.9. The molecular weight excluding hydrogens is 384 g/mol. The summed E-state index contributed by atoms with van der Waals surface area (Å²) in [6.07, 6.45) is 3.73. The van der Waals surface area contributed by atoms with Gasteiger partial charge in [-0.1, -0.05) is 24.6 Å². The number of carbonyl (C=O) groups excluding carboxylic acids is 1. The first-order chi connectivity index (χ1) is 14.0. The molecule has 0 saturated carbocycles. The molecule has 154 valence electrons. The van der Waals surface area contributed by atoms with E-state index >= 15 is 0 Å². The van der Waals surface area contributed by atoms with Crippen molar-refractivity contribution in [1.82, 2.24) is 20.0 Å². The van der Waals surface area contributed by atoms with Crippen LogP contribution >= 0.6 is 11.3 Å². The number of thiophene rings is 1. The number of fused-ring (bicyclic) bond motifs is 3. The van der Waals surface area contributed by atoms with Gasteiger partial charge in [0.1, 0.15) is 6.04 Å². The molecule has 29 heavy (non-hydrogen) atoms. The fourth-order valence-electron chi connectivity index (χ4n) is 4.21. The van der Waals surface area contributed by atoms with Crippen molar-refractivity contribution in [3.05, 3.63) is 40.3 Å². The van der Waals surface area contributed by atoms with Crippen molar-refractivity contribution in [2.45, 2.75) is 52.1 Å². The minimum absolute atomic E-state index is 0.164. The lowest BCUT2D eigenvalue weighted by Gasteiger charge is -2.33. The van der Waals surface area contributed by atoms with Gasteiger partial charge in [-0.2, -0.15) is 5.10 Å². The number of nitrogens with zero attached hydrogens (tertiary/aromatic N) is 3. The van der Waals surface area contributed by atoms with E-state index < -0.39 is 6.04 Å². The molecule has 0 bridgehead atoms. The summed E-state index contributed by atoms with van der Waals surface area (Å²) in [7, 11) is 0. The zero-order valence-corrected chi connectivity index (χ0v) is 18.1. The standard InChI is InChI=1S/C22H28N4O2S/c1-14-8-6-7-12-25(14)13-11-23-21(27)16(3)26-22(28)19-17-9-4-5-10-18(17)29-20(19)15(2)24-26/h4-5,9-10,14,16H,6-8,11-13H2,1-3H3,(H,23,27). The van der Waals surface area contributed by atoms with Crippen LogP contribution in [0.25, 0.3) is 20.2 Å². The van der Waals surface area contributed by atoms with Crippen LogP contribution in [-0.2, 0) is 4.79 Å². The number of nitrogens with one attached hydrogen (secondary N) is 1. The molecular formula is C22H28N4O2S. The van der Waals surface area contributed by atoms with Crippen molar-refractivity contribution < 1.29 is 4.79 Å². The highest BCUT2D eigenvalue weighted by atomic mass is 32.1. The SMILES string of the molecule is Cc1nn(C(C)C(=O)NCCN2CCCCC2C)c(=O)c2c1sc1ccccc12. The van der Waals surface area contributed by atoms with Gasteiger partial charge in [-0.05, 0) is 46.2 Å². The summed E-state index contributed by atoms with van der Waals surface area (Å²) >= 11 is 1.58. The Hall–Kier alpha value is -2.25. The third-order valence-electron chi connectivity index (χ3n) is 5.99. The van der Waals surface area contributed by atoms with E-state index in [4.69, 9.17) is 0 Å². The maximum atomic E-state index is 13.2. The molecule has 1 saturated heterocycles. The Labute approximate surface area is 174 Å². The second-order valence-corrected chi connectivity index (χ2v) is 9.04. The zero-order chi connectivity index (χ0) is 20.5. The van der Waals surface area contributed by atoms with Crippen molar-refractivity contribution >= 4 is 37.4 Å². The first-order valence-corrected chi connectivity index (χ1v) is 11.2. The lowest BCUT2D eigenvalue weighted by atomic mass is 10.0. The van der Waals surface area contributed by atoms with Gasteiger partial charge >= 0.3 is 0 Å². The number of piperidine rings is 1. The number of hydrogen-bond acceptors (Lipinski definition) is 5. The number of rotatable bonds is 5. The first-order valence-electron chi connectivity index (χ1n) is 10.4. The molecule has 4 rings (SSSR count). The molecule has 2 atom stereocenters. The summed E-state index contributed by atoms with van der Waals surface area (Å²) in [4.78, 5) is 28.3. The lowest BCUT2D eigenvalue weighted by Crippen LogP contribution is -2.44. The Kier molecular flexibility index (Phi) is 5.69. The molecule has 6 nitrogen and oxygen atoms in total. The number of aromatic nitrogens is 2. The minimum Gasteiger partial charge on any atom is -0.353 e. The molecule has 1 fully saturated rings. The van der Waals surface area contributed by atoms with E-state index in [1.54, 1.807) is 18.3 Å². The first kappa shape index (κ1) is 20.0. The summed E-state index contributed by atoms with van der Waals surface area (Å²) in [6.45, 7) is 8.41. The Morgan fingerprint density at radius 1 is 1.34 bits per heavy atom. The zero-order valence-electron chi connectivity index (χ0n) is 17.3. The van der Waals surface area contributed by atoms with Gasteiger partial charge in [0.15, 0.2) is 0 Å². The monoisotopic (exact) mass is 412 g/mol. The Morgan fingerprint density at radius 3 is 2.93 bits per heavy atom. The van der Waals surface area contributed by atoms with Crippen molar-refractivity contribution in [2.24, 2.45) is 0 Å². The largest absolute Gasteiger partial charge is 0.353 e. The van der Waals surface area contributed by atoms with E-state index in [9.17, 15) is 9.59 Å². The maximum absolute atomic E-state index is 13.2. The highest BCUT2D eigenvalue weighted by Crippen LogP contribution is 2.32. The molecule has 1 aliphatic heterocycles. The summed E-state index contributed by atoms with van der Waals surface area (Å²) in [5.41, 5.74) is 0.581. The van der Waals surface area contributed by atoms with Gasteiger partial charge in [-0.3, -0.25) is 14.5 Å². The van der Waals surface area contributed by atoms with Gasteiger partial charge in [0.2, 0.25) is 5.91 Å². The van der Waals surface area contributed by atoms with Crippen LogP contribution in [0, 0.1) is 6.92 Å². The van der Waals surface area contributed by atoms with E-state index in [1.807, 2.05) is 31.2 Å². The van der Waals surface area contributed by atoms with Gasteiger partial charge in [-0.15, -0.1) is 11.3 Å². The van der Waals surface area contributed by atoms with Gasteiger partial charge in [0.05, 0.1) is 15.8 Å². The van der Waals surface area contributed by atoms with Crippen LogP contribution < -0.4 is 10.9 Å². The van der Waals surface area contributed by atoms with E-state index in [0.29, 0.717) is 18.0 Å². The second-order valence-electron chi connectivity index (χ2n) is 7.99. The average molecular weight is 413 g/mol.